The molecule has 0 aliphatic carbocycles. The largest absolute Gasteiger partial charge is 0.455 e. The predicted molar refractivity (Wildman–Crippen MR) is 185 cm³/mol. The molecule has 9 rings (SSSR count). The Morgan fingerprint density at radius 1 is 0.478 bits per heavy atom. The lowest BCUT2D eigenvalue weighted by Crippen LogP contribution is -1.91. The molecule has 4 heteroatoms. The third kappa shape index (κ3) is 4.11. The lowest BCUT2D eigenvalue weighted by molar-refractivity contribution is 0.668. The molecule has 3 heterocycles. The lowest BCUT2D eigenvalue weighted by Gasteiger charge is -2.10. The maximum Gasteiger partial charge on any atom is 0.161 e. The van der Waals surface area contributed by atoms with Crippen LogP contribution in [0, 0.1) is 11.3 Å². The second-order valence-corrected chi connectivity index (χ2v) is 11.4. The SMILES string of the molecule is N#Cc1cccc(-c2cc3c(oc4ccccc43)c(-c3cccc4oc5c(-c6ccccc6)cc(-c6ccccc6)cc5c34)n2)c1. The van der Waals surface area contributed by atoms with E-state index in [1.807, 2.05) is 66.7 Å². The highest BCUT2D eigenvalue weighted by atomic mass is 16.3. The second kappa shape index (κ2) is 10.3. The van der Waals surface area contributed by atoms with E-state index in [1.54, 1.807) is 0 Å². The van der Waals surface area contributed by atoms with Crippen molar-refractivity contribution in [1.29, 1.82) is 5.26 Å². The number of hydrogen-bond acceptors (Lipinski definition) is 4. The molecule has 0 aliphatic rings. The minimum absolute atomic E-state index is 0.586. The van der Waals surface area contributed by atoms with E-state index < -0.39 is 0 Å². The van der Waals surface area contributed by atoms with Gasteiger partial charge >= 0.3 is 0 Å². The molecular formula is C42H24N2O2. The van der Waals surface area contributed by atoms with Crippen LogP contribution >= 0.6 is 0 Å². The van der Waals surface area contributed by atoms with Gasteiger partial charge in [0, 0.05) is 38.2 Å². The monoisotopic (exact) mass is 588 g/mol. The molecule has 0 spiro atoms. The van der Waals surface area contributed by atoms with Gasteiger partial charge in [-0.1, -0.05) is 103 Å². The first-order chi connectivity index (χ1) is 22.7. The van der Waals surface area contributed by atoms with Crippen molar-refractivity contribution in [2.45, 2.75) is 0 Å². The number of pyridine rings is 1. The number of benzene rings is 6. The molecule has 0 aliphatic heterocycles. The molecule has 46 heavy (non-hydrogen) atoms. The van der Waals surface area contributed by atoms with E-state index in [0.29, 0.717) is 11.1 Å². The summed E-state index contributed by atoms with van der Waals surface area (Å²) in [7, 11) is 0. The Kier molecular flexibility index (Phi) is 5.84. The molecule has 0 amide bonds. The zero-order valence-electron chi connectivity index (χ0n) is 24.6. The Labute approximate surface area is 264 Å². The highest BCUT2D eigenvalue weighted by Gasteiger charge is 2.22. The first-order valence-corrected chi connectivity index (χ1v) is 15.2. The van der Waals surface area contributed by atoms with Gasteiger partial charge in [0.15, 0.2) is 5.58 Å². The average Bonchev–Trinajstić information content (AvgIpc) is 3.70. The van der Waals surface area contributed by atoms with Crippen LogP contribution < -0.4 is 0 Å². The molecule has 0 fully saturated rings. The zero-order valence-corrected chi connectivity index (χ0v) is 24.6. The normalized spacial score (nSPS) is 11.5. The number of nitriles is 1. The Hall–Kier alpha value is -6.44. The summed E-state index contributed by atoms with van der Waals surface area (Å²) in [5, 5.41) is 13.6. The van der Waals surface area contributed by atoms with Crippen LogP contribution in [0.15, 0.2) is 154 Å². The van der Waals surface area contributed by atoms with Gasteiger partial charge in [0.2, 0.25) is 0 Å². The topological polar surface area (TPSA) is 63.0 Å². The van der Waals surface area contributed by atoms with Gasteiger partial charge in [-0.05, 0) is 59.2 Å². The smallest absolute Gasteiger partial charge is 0.161 e. The predicted octanol–water partition coefficient (Wildman–Crippen LogP) is 11.4. The molecule has 0 unspecified atom stereocenters. The molecule has 214 valence electrons. The Bertz CT molecular complexity index is 2640. The third-order valence-electron chi connectivity index (χ3n) is 8.69. The van der Waals surface area contributed by atoms with Crippen LogP contribution in [-0.2, 0) is 0 Å². The van der Waals surface area contributed by atoms with Crippen LogP contribution in [0.1, 0.15) is 5.56 Å². The van der Waals surface area contributed by atoms with Crippen LogP contribution in [0.2, 0.25) is 0 Å². The maximum absolute atomic E-state index is 9.63. The van der Waals surface area contributed by atoms with Gasteiger partial charge in [-0.25, -0.2) is 4.98 Å². The van der Waals surface area contributed by atoms with Crippen LogP contribution in [0.4, 0.5) is 0 Å². The standard InChI is InChI=1S/C42H24N2O2/c43-25-26-11-9-16-29(21-26)36-24-34-31-17-7-8-19-37(31)45-42(34)40(44-36)32-18-10-20-38-39(32)35-23-30(27-12-3-1-4-13-27)22-33(41(35)46-38)28-14-5-2-6-15-28/h1-24H. The summed E-state index contributed by atoms with van der Waals surface area (Å²) in [6, 6.07) is 51.4. The van der Waals surface area contributed by atoms with Gasteiger partial charge in [-0.3, -0.25) is 0 Å². The van der Waals surface area contributed by atoms with E-state index in [-0.39, 0.29) is 0 Å². The van der Waals surface area contributed by atoms with E-state index in [0.717, 1.165) is 83.1 Å². The van der Waals surface area contributed by atoms with E-state index in [9.17, 15) is 5.26 Å². The average molecular weight is 589 g/mol. The molecule has 0 N–H and O–H groups in total. The summed E-state index contributed by atoms with van der Waals surface area (Å²) in [6.07, 6.45) is 0. The molecule has 4 nitrogen and oxygen atoms in total. The van der Waals surface area contributed by atoms with Crippen LogP contribution in [0.3, 0.4) is 0 Å². The van der Waals surface area contributed by atoms with Crippen molar-refractivity contribution in [3.05, 3.63) is 151 Å². The summed E-state index contributed by atoms with van der Waals surface area (Å²) in [6.45, 7) is 0. The maximum atomic E-state index is 9.63. The van der Waals surface area contributed by atoms with Crippen molar-refractivity contribution in [2.75, 3.05) is 0 Å². The Balaban J connectivity index is 1.40. The second-order valence-electron chi connectivity index (χ2n) is 11.4. The molecular weight excluding hydrogens is 564 g/mol. The van der Waals surface area contributed by atoms with Crippen molar-refractivity contribution in [2.24, 2.45) is 0 Å². The van der Waals surface area contributed by atoms with E-state index in [1.165, 1.54) is 0 Å². The van der Waals surface area contributed by atoms with Crippen molar-refractivity contribution < 1.29 is 8.83 Å². The van der Waals surface area contributed by atoms with Gasteiger partial charge in [0.1, 0.15) is 22.4 Å². The first-order valence-electron chi connectivity index (χ1n) is 15.2. The van der Waals surface area contributed by atoms with Crippen LogP contribution in [0.5, 0.6) is 0 Å². The fourth-order valence-corrected chi connectivity index (χ4v) is 6.56. The highest BCUT2D eigenvalue weighted by molar-refractivity contribution is 6.19. The van der Waals surface area contributed by atoms with Crippen molar-refractivity contribution in [3.8, 4) is 50.8 Å². The number of fused-ring (bicyclic) bond motifs is 6. The Morgan fingerprint density at radius 2 is 1.17 bits per heavy atom. The van der Waals surface area contributed by atoms with Crippen LogP contribution in [0.25, 0.3) is 88.6 Å². The summed E-state index contributed by atoms with van der Waals surface area (Å²) in [4.78, 5) is 5.26. The Morgan fingerprint density at radius 3 is 2.00 bits per heavy atom. The lowest BCUT2D eigenvalue weighted by atomic mass is 9.94. The first kappa shape index (κ1) is 26.0. The number of furan rings is 2. The van der Waals surface area contributed by atoms with Gasteiger partial charge in [0.05, 0.1) is 17.3 Å². The minimum atomic E-state index is 0.586. The molecule has 6 aromatic carbocycles. The van der Waals surface area contributed by atoms with Gasteiger partial charge < -0.3 is 8.83 Å². The highest BCUT2D eigenvalue weighted by Crippen LogP contribution is 2.45. The van der Waals surface area contributed by atoms with Gasteiger partial charge in [-0.15, -0.1) is 0 Å². The van der Waals surface area contributed by atoms with Crippen molar-refractivity contribution in [3.63, 3.8) is 0 Å². The minimum Gasteiger partial charge on any atom is -0.455 e. The summed E-state index contributed by atoms with van der Waals surface area (Å²) < 4.78 is 13.3. The van der Waals surface area contributed by atoms with Gasteiger partial charge in [-0.2, -0.15) is 5.26 Å². The molecule has 0 bridgehead atoms. The summed E-state index contributed by atoms with van der Waals surface area (Å²) >= 11 is 0. The van der Waals surface area contributed by atoms with Crippen molar-refractivity contribution in [1.82, 2.24) is 4.98 Å². The number of rotatable bonds is 4. The number of nitrogens with zero attached hydrogens (tertiary/aromatic N) is 2. The third-order valence-corrected chi connectivity index (χ3v) is 8.69. The van der Waals surface area contributed by atoms with Gasteiger partial charge in [0.25, 0.3) is 0 Å². The number of para-hydroxylation sites is 1. The molecule has 0 radical (unpaired) electrons. The molecule has 0 saturated carbocycles. The van der Waals surface area contributed by atoms with E-state index >= 15 is 0 Å². The molecule has 0 saturated heterocycles. The van der Waals surface area contributed by atoms with E-state index in [4.69, 9.17) is 13.8 Å². The zero-order chi connectivity index (χ0) is 30.6. The quantitative estimate of drug-likeness (QED) is 0.205. The fourth-order valence-electron chi connectivity index (χ4n) is 6.56. The van der Waals surface area contributed by atoms with Crippen molar-refractivity contribution >= 4 is 43.9 Å². The fraction of sp³-hybridized carbons (Fsp3) is 0. The molecule has 9 aromatic rings. The molecule has 0 atom stereocenters. The number of aromatic nitrogens is 1. The molecule has 3 aromatic heterocycles. The number of hydrogen-bond donors (Lipinski definition) is 0. The summed E-state index contributed by atoms with van der Waals surface area (Å²) in [5.41, 5.74) is 11.3. The van der Waals surface area contributed by atoms with Crippen LogP contribution in [-0.4, -0.2) is 4.98 Å². The van der Waals surface area contributed by atoms with E-state index in [2.05, 4.69) is 84.9 Å². The summed E-state index contributed by atoms with van der Waals surface area (Å²) in [5.74, 6) is 0.